The predicted molar refractivity (Wildman–Crippen MR) is 86.3 cm³/mol. The Bertz CT molecular complexity index is 576. The van der Waals surface area contributed by atoms with Crippen LogP contribution in [0.25, 0.3) is 0 Å². The van der Waals surface area contributed by atoms with Gasteiger partial charge in [-0.25, -0.2) is 0 Å². The summed E-state index contributed by atoms with van der Waals surface area (Å²) in [5.41, 5.74) is 8.98. The highest BCUT2D eigenvalue weighted by Gasteiger charge is 2.23. The summed E-state index contributed by atoms with van der Waals surface area (Å²) < 4.78 is 2.39. The van der Waals surface area contributed by atoms with Crippen LogP contribution < -0.4 is 5.73 Å². The van der Waals surface area contributed by atoms with Crippen LogP contribution in [0.5, 0.6) is 0 Å². The van der Waals surface area contributed by atoms with Crippen LogP contribution in [-0.2, 0) is 13.0 Å². The molecule has 2 N–H and O–H groups in total. The minimum absolute atomic E-state index is 0.272. The molecular weight excluding hydrogens is 264 g/mol. The smallest absolute Gasteiger partial charge is 0.0299 e. The number of fused-ring (bicyclic) bond motifs is 1. The van der Waals surface area contributed by atoms with Gasteiger partial charge in [0.1, 0.15) is 0 Å². The highest BCUT2D eigenvalue weighted by atomic mass is 32.2. The Morgan fingerprint density at radius 3 is 3.00 bits per heavy atom. The third-order valence-electron chi connectivity index (χ3n) is 4.14. The lowest BCUT2D eigenvalue weighted by atomic mass is 10.0. The molecular formula is C17H22N2S. The van der Waals surface area contributed by atoms with Gasteiger partial charge in [-0.1, -0.05) is 25.1 Å². The van der Waals surface area contributed by atoms with E-state index in [1.165, 1.54) is 21.9 Å². The van der Waals surface area contributed by atoms with Gasteiger partial charge in [0.15, 0.2) is 0 Å². The first-order chi connectivity index (χ1) is 9.78. The molecule has 2 heterocycles. The number of benzene rings is 1. The molecule has 1 aromatic carbocycles. The highest BCUT2D eigenvalue weighted by molar-refractivity contribution is 7.99. The molecule has 106 valence electrons. The highest BCUT2D eigenvalue weighted by Crippen LogP contribution is 2.40. The molecule has 0 fully saturated rings. The van der Waals surface area contributed by atoms with Crippen LogP contribution in [0.1, 0.15) is 30.5 Å². The zero-order valence-electron chi connectivity index (χ0n) is 12.0. The molecule has 2 aromatic rings. The first kappa shape index (κ1) is 13.8. The fraction of sp³-hybridized carbons (Fsp3) is 0.412. The van der Waals surface area contributed by atoms with Crippen molar-refractivity contribution >= 4 is 11.8 Å². The summed E-state index contributed by atoms with van der Waals surface area (Å²) in [4.78, 5) is 1.46. The van der Waals surface area contributed by atoms with Crippen molar-refractivity contribution in [1.82, 2.24) is 4.57 Å². The standard InChI is InChI=1S/C17H22N2S/c1-2-14(18)10-15-6-5-9-19(15)11-13-12-20-17-8-4-3-7-16(13)17/h3-9,13-14H,2,10-12,18H2,1H3. The maximum atomic E-state index is 6.10. The Morgan fingerprint density at radius 1 is 1.30 bits per heavy atom. The molecule has 0 aliphatic carbocycles. The SMILES string of the molecule is CCC(N)Cc1cccn1CC1CSc2ccccc21. The van der Waals surface area contributed by atoms with Crippen molar-refractivity contribution in [1.29, 1.82) is 0 Å². The van der Waals surface area contributed by atoms with Crippen LogP contribution in [0.2, 0.25) is 0 Å². The van der Waals surface area contributed by atoms with Crippen LogP contribution >= 0.6 is 11.8 Å². The summed E-state index contributed by atoms with van der Waals surface area (Å²) in [6.45, 7) is 3.23. The second kappa shape index (κ2) is 6.06. The Balaban J connectivity index is 1.75. The third-order valence-corrected chi connectivity index (χ3v) is 5.39. The van der Waals surface area contributed by atoms with Crippen LogP contribution in [0.3, 0.4) is 0 Å². The quantitative estimate of drug-likeness (QED) is 0.909. The van der Waals surface area contributed by atoms with E-state index >= 15 is 0 Å². The van der Waals surface area contributed by atoms with E-state index in [0.29, 0.717) is 5.92 Å². The predicted octanol–water partition coefficient (Wildman–Crippen LogP) is 3.66. The van der Waals surface area contributed by atoms with Crippen molar-refractivity contribution in [2.75, 3.05) is 5.75 Å². The van der Waals surface area contributed by atoms with E-state index in [1.807, 2.05) is 11.8 Å². The van der Waals surface area contributed by atoms with Crippen molar-refractivity contribution in [3.63, 3.8) is 0 Å². The van der Waals surface area contributed by atoms with Gasteiger partial charge in [0.2, 0.25) is 0 Å². The van der Waals surface area contributed by atoms with Gasteiger partial charge in [-0.15, -0.1) is 11.8 Å². The molecule has 2 atom stereocenters. The van der Waals surface area contributed by atoms with Gasteiger partial charge < -0.3 is 10.3 Å². The maximum Gasteiger partial charge on any atom is 0.0299 e. The second-order valence-electron chi connectivity index (χ2n) is 5.57. The van der Waals surface area contributed by atoms with Crippen LogP contribution in [0.15, 0.2) is 47.5 Å². The molecule has 1 aliphatic rings. The molecule has 0 spiro atoms. The van der Waals surface area contributed by atoms with E-state index in [9.17, 15) is 0 Å². The number of thioether (sulfide) groups is 1. The summed E-state index contributed by atoms with van der Waals surface area (Å²) in [5.74, 6) is 1.82. The normalized spacial score (nSPS) is 19.0. The number of nitrogens with two attached hydrogens (primary N) is 1. The average molecular weight is 286 g/mol. The first-order valence-corrected chi connectivity index (χ1v) is 8.37. The Morgan fingerprint density at radius 2 is 2.15 bits per heavy atom. The summed E-state index contributed by atoms with van der Waals surface area (Å²) >= 11 is 1.98. The van der Waals surface area contributed by atoms with Gasteiger partial charge in [-0.2, -0.15) is 0 Å². The van der Waals surface area contributed by atoms with Crippen molar-refractivity contribution < 1.29 is 0 Å². The fourth-order valence-electron chi connectivity index (χ4n) is 2.84. The number of rotatable bonds is 5. The third kappa shape index (κ3) is 2.79. The summed E-state index contributed by atoms with van der Waals surface area (Å²) in [7, 11) is 0. The lowest BCUT2D eigenvalue weighted by molar-refractivity contribution is 0.556. The molecule has 3 rings (SSSR count). The van der Waals surface area contributed by atoms with E-state index in [1.54, 1.807) is 0 Å². The van der Waals surface area contributed by atoms with E-state index in [2.05, 4.69) is 54.1 Å². The zero-order chi connectivity index (χ0) is 13.9. The molecule has 1 aromatic heterocycles. The molecule has 0 amide bonds. The summed E-state index contributed by atoms with van der Waals surface area (Å²) in [5, 5.41) is 0. The van der Waals surface area contributed by atoms with Crippen molar-refractivity contribution in [2.24, 2.45) is 5.73 Å². The molecule has 0 bridgehead atoms. The summed E-state index contributed by atoms with van der Waals surface area (Å²) in [6.07, 6.45) is 4.21. The van der Waals surface area contributed by atoms with Gasteiger partial charge in [-0.05, 0) is 30.2 Å². The largest absolute Gasteiger partial charge is 0.351 e. The number of hydrogen-bond donors (Lipinski definition) is 1. The molecule has 2 nitrogen and oxygen atoms in total. The van der Waals surface area contributed by atoms with E-state index in [4.69, 9.17) is 5.73 Å². The lowest BCUT2D eigenvalue weighted by Gasteiger charge is -2.17. The van der Waals surface area contributed by atoms with Crippen molar-refractivity contribution in [2.45, 2.75) is 43.2 Å². The molecule has 0 radical (unpaired) electrons. The molecule has 2 unspecified atom stereocenters. The van der Waals surface area contributed by atoms with Gasteiger partial charge in [0.25, 0.3) is 0 Å². The molecule has 0 saturated heterocycles. The first-order valence-electron chi connectivity index (χ1n) is 7.39. The van der Waals surface area contributed by atoms with Crippen LogP contribution in [-0.4, -0.2) is 16.4 Å². The topological polar surface area (TPSA) is 30.9 Å². The maximum absolute atomic E-state index is 6.10. The Labute approximate surface area is 125 Å². The van der Waals surface area contributed by atoms with Crippen LogP contribution in [0.4, 0.5) is 0 Å². The zero-order valence-corrected chi connectivity index (χ0v) is 12.8. The van der Waals surface area contributed by atoms with Crippen molar-refractivity contribution in [3.8, 4) is 0 Å². The monoisotopic (exact) mass is 286 g/mol. The molecule has 20 heavy (non-hydrogen) atoms. The van der Waals surface area contributed by atoms with Crippen molar-refractivity contribution in [3.05, 3.63) is 53.9 Å². The van der Waals surface area contributed by atoms with E-state index < -0.39 is 0 Å². The molecule has 3 heteroatoms. The average Bonchev–Trinajstić information content (AvgIpc) is 3.07. The van der Waals surface area contributed by atoms with Gasteiger partial charge in [0, 0.05) is 47.5 Å². The van der Waals surface area contributed by atoms with Gasteiger partial charge >= 0.3 is 0 Å². The van der Waals surface area contributed by atoms with E-state index in [-0.39, 0.29) is 6.04 Å². The number of hydrogen-bond acceptors (Lipinski definition) is 2. The minimum atomic E-state index is 0.272. The molecule has 1 aliphatic heterocycles. The van der Waals surface area contributed by atoms with E-state index in [0.717, 1.165) is 19.4 Å². The number of aromatic nitrogens is 1. The Hall–Kier alpha value is -1.19. The lowest BCUT2D eigenvalue weighted by Crippen LogP contribution is -2.23. The minimum Gasteiger partial charge on any atom is -0.351 e. The van der Waals surface area contributed by atoms with Gasteiger partial charge in [0.05, 0.1) is 0 Å². The second-order valence-corrected chi connectivity index (χ2v) is 6.63. The molecule has 0 saturated carbocycles. The van der Waals surface area contributed by atoms with Gasteiger partial charge in [-0.3, -0.25) is 0 Å². The number of nitrogens with zero attached hydrogens (tertiary/aromatic N) is 1. The Kier molecular flexibility index (Phi) is 4.18. The fourth-order valence-corrected chi connectivity index (χ4v) is 4.09. The van der Waals surface area contributed by atoms with Crippen LogP contribution in [0, 0.1) is 0 Å². The summed E-state index contributed by atoms with van der Waals surface area (Å²) in [6, 6.07) is 13.4.